The lowest BCUT2D eigenvalue weighted by molar-refractivity contribution is 0.219. The van der Waals surface area contributed by atoms with Gasteiger partial charge in [0, 0.05) is 17.9 Å². The molecule has 1 aromatic rings. The SMILES string of the molecule is COC1=CC(O)=CC(C=Cc2ccc(O)c(OC)c2)C1CC=C(C)C. The summed E-state index contributed by atoms with van der Waals surface area (Å²) >= 11 is 0. The minimum absolute atomic E-state index is 0.00958. The first kappa shape index (κ1) is 18.7. The van der Waals surface area contributed by atoms with Gasteiger partial charge in [-0.25, -0.2) is 0 Å². The zero-order valence-electron chi connectivity index (χ0n) is 15.2. The third-order valence-corrected chi connectivity index (χ3v) is 4.21. The van der Waals surface area contributed by atoms with E-state index >= 15 is 0 Å². The van der Waals surface area contributed by atoms with Crippen LogP contribution < -0.4 is 4.74 Å². The number of aliphatic hydroxyl groups excluding tert-OH is 1. The van der Waals surface area contributed by atoms with Crippen molar-refractivity contribution in [1.82, 2.24) is 0 Å². The second-order valence-corrected chi connectivity index (χ2v) is 6.33. The molecule has 0 radical (unpaired) electrons. The molecule has 0 aromatic heterocycles. The number of allylic oxidation sites excluding steroid dienone is 6. The molecule has 4 nitrogen and oxygen atoms in total. The summed E-state index contributed by atoms with van der Waals surface area (Å²) in [6, 6.07) is 5.20. The van der Waals surface area contributed by atoms with Gasteiger partial charge in [-0.15, -0.1) is 0 Å². The summed E-state index contributed by atoms with van der Waals surface area (Å²) in [5, 5.41) is 19.7. The highest BCUT2D eigenvalue weighted by Crippen LogP contribution is 2.34. The van der Waals surface area contributed by atoms with Crippen LogP contribution in [0.25, 0.3) is 6.08 Å². The number of benzene rings is 1. The lowest BCUT2D eigenvalue weighted by Gasteiger charge is -2.27. The fourth-order valence-electron chi connectivity index (χ4n) is 2.86. The molecule has 0 saturated carbocycles. The molecule has 0 fully saturated rings. The van der Waals surface area contributed by atoms with Crippen molar-refractivity contribution in [3.8, 4) is 11.5 Å². The van der Waals surface area contributed by atoms with Crippen molar-refractivity contribution >= 4 is 6.08 Å². The number of aliphatic hydroxyl groups is 1. The van der Waals surface area contributed by atoms with Gasteiger partial charge in [0.2, 0.25) is 0 Å². The van der Waals surface area contributed by atoms with Crippen LogP contribution in [0.1, 0.15) is 25.8 Å². The molecule has 1 aliphatic carbocycles. The number of phenols is 1. The molecule has 0 amide bonds. The van der Waals surface area contributed by atoms with Gasteiger partial charge in [0.05, 0.1) is 14.2 Å². The molecule has 1 aromatic carbocycles. The zero-order chi connectivity index (χ0) is 18.4. The quantitative estimate of drug-likeness (QED) is 0.715. The van der Waals surface area contributed by atoms with E-state index in [0.29, 0.717) is 5.75 Å². The maximum Gasteiger partial charge on any atom is 0.161 e. The predicted molar refractivity (Wildman–Crippen MR) is 101 cm³/mol. The van der Waals surface area contributed by atoms with E-state index in [9.17, 15) is 10.2 Å². The van der Waals surface area contributed by atoms with E-state index in [4.69, 9.17) is 9.47 Å². The summed E-state index contributed by atoms with van der Waals surface area (Å²) in [5.41, 5.74) is 2.16. The minimum atomic E-state index is 0.00958. The maximum absolute atomic E-state index is 9.99. The molecule has 134 valence electrons. The van der Waals surface area contributed by atoms with Crippen molar-refractivity contribution in [1.29, 1.82) is 0 Å². The summed E-state index contributed by atoms with van der Waals surface area (Å²) in [6.45, 7) is 4.14. The fraction of sp³-hybridized carbons (Fsp3) is 0.333. The third-order valence-electron chi connectivity index (χ3n) is 4.21. The van der Waals surface area contributed by atoms with Gasteiger partial charge in [0.25, 0.3) is 0 Å². The standard InChI is InChI=1S/C21H26O4/c1-14(2)5-9-18-16(12-17(22)13-20(18)24-3)8-6-15-7-10-19(23)21(11-15)25-4/h5-8,10-13,16,18,22-23H,9H2,1-4H3. The Morgan fingerprint density at radius 1 is 1.16 bits per heavy atom. The fourth-order valence-corrected chi connectivity index (χ4v) is 2.86. The van der Waals surface area contributed by atoms with Crippen LogP contribution in [0.4, 0.5) is 0 Å². The van der Waals surface area contributed by atoms with E-state index in [1.807, 2.05) is 24.3 Å². The Morgan fingerprint density at radius 3 is 2.56 bits per heavy atom. The van der Waals surface area contributed by atoms with Gasteiger partial charge >= 0.3 is 0 Å². The first-order valence-corrected chi connectivity index (χ1v) is 8.29. The van der Waals surface area contributed by atoms with Crippen LogP contribution in [0.5, 0.6) is 11.5 Å². The van der Waals surface area contributed by atoms with Crippen molar-refractivity contribution in [2.45, 2.75) is 20.3 Å². The van der Waals surface area contributed by atoms with Gasteiger partial charge in [0.15, 0.2) is 11.5 Å². The first-order valence-electron chi connectivity index (χ1n) is 8.29. The third kappa shape index (κ3) is 4.92. The van der Waals surface area contributed by atoms with E-state index in [1.165, 1.54) is 12.7 Å². The molecule has 2 unspecified atom stereocenters. The molecular formula is C21H26O4. The molecule has 0 saturated heterocycles. The topological polar surface area (TPSA) is 58.9 Å². The molecule has 0 aliphatic heterocycles. The van der Waals surface area contributed by atoms with Crippen molar-refractivity contribution < 1.29 is 19.7 Å². The first-order chi connectivity index (χ1) is 11.9. The number of aromatic hydroxyl groups is 1. The summed E-state index contributed by atoms with van der Waals surface area (Å²) in [4.78, 5) is 0. The van der Waals surface area contributed by atoms with Crippen LogP contribution in [0, 0.1) is 11.8 Å². The number of rotatable bonds is 6. The Labute approximate surface area is 149 Å². The van der Waals surface area contributed by atoms with E-state index in [2.05, 4.69) is 19.9 Å². The normalized spacial score (nSPS) is 20.0. The van der Waals surface area contributed by atoms with Gasteiger partial charge in [-0.05, 0) is 44.0 Å². The van der Waals surface area contributed by atoms with E-state index in [1.54, 1.807) is 25.3 Å². The van der Waals surface area contributed by atoms with Crippen LogP contribution in [0.2, 0.25) is 0 Å². The Balaban J connectivity index is 2.27. The minimum Gasteiger partial charge on any atom is -0.508 e. The van der Waals surface area contributed by atoms with Crippen molar-refractivity contribution in [2.75, 3.05) is 14.2 Å². The average molecular weight is 342 g/mol. The number of hydrogen-bond acceptors (Lipinski definition) is 4. The number of hydrogen-bond donors (Lipinski definition) is 2. The van der Waals surface area contributed by atoms with Crippen molar-refractivity contribution in [3.05, 3.63) is 65.2 Å². The molecule has 2 atom stereocenters. The second-order valence-electron chi connectivity index (χ2n) is 6.33. The Morgan fingerprint density at radius 2 is 1.92 bits per heavy atom. The molecule has 0 bridgehead atoms. The number of phenolic OH excluding ortho intramolecular Hbond substituents is 1. The average Bonchev–Trinajstić information content (AvgIpc) is 2.59. The molecule has 4 heteroatoms. The summed E-state index contributed by atoms with van der Waals surface area (Å²) < 4.78 is 10.6. The van der Waals surface area contributed by atoms with Gasteiger partial charge in [-0.3, -0.25) is 0 Å². The molecule has 2 N–H and O–H groups in total. The van der Waals surface area contributed by atoms with Crippen molar-refractivity contribution in [2.24, 2.45) is 11.8 Å². The Kier molecular flexibility index (Phi) is 6.34. The predicted octanol–water partition coefficient (Wildman–Crippen LogP) is 4.99. The van der Waals surface area contributed by atoms with Crippen LogP contribution in [-0.2, 0) is 4.74 Å². The lowest BCUT2D eigenvalue weighted by Crippen LogP contribution is -2.18. The highest BCUT2D eigenvalue weighted by molar-refractivity contribution is 5.56. The largest absolute Gasteiger partial charge is 0.508 e. The second kappa shape index (κ2) is 8.47. The van der Waals surface area contributed by atoms with Crippen LogP contribution >= 0.6 is 0 Å². The van der Waals surface area contributed by atoms with Gasteiger partial charge in [-0.1, -0.05) is 29.9 Å². The Hall–Kier alpha value is -2.62. The highest BCUT2D eigenvalue weighted by atomic mass is 16.5. The monoisotopic (exact) mass is 342 g/mol. The van der Waals surface area contributed by atoms with E-state index < -0.39 is 0 Å². The smallest absolute Gasteiger partial charge is 0.161 e. The van der Waals surface area contributed by atoms with Gasteiger partial charge < -0.3 is 19.7 Å². The highest BCUT2D eigenvalue weighted by Gasteiger charge is 2.26. The molecular weight excluding hydrogens is 316 g/mol. The zero-order valence-corrected chi connectivity index (χ0v) is 15.2. The summed E-state index contributed by atoms with van der Waals surface area (Å²) in [6.07, 6.45) is 10.5. The van der Waals surface area contributed by atoms with Crippen LogP contribution in [0.3, 0.4) is 0 Å². The lowest BCUT2D eigenvalue weighted by atomic mass is 9.83. The van der Waals surface area contributed by atoms with Crippen LogP contribution in [0.15, 0.2) is 59.6 Å². The molecule has 2 rings (SSSR count). The van der Waals surface area contributed by atoms with Gasteiger partial charge in [0.1, 0.15) is 11.5 Å². The van der Waals surface area contributed by atoms with E-state index in [-0.39, 0.29) is 23.3 Å². The Bertz CT molecular complexity index is 721. The number of methoxy groups -OCH3 is 2. The van der Waals surface area contributed by atoms with Crippen LogP contribution in [-0.4, -0.2) is 24.4 Å². The van der Waals surface area contributed by atoms with E-state index in [0.717, 1.165) is 17.7 Å². The summed E-state index contributed by atoms with van der Waals surface area (Å²) in [5.74, 6) is 1.67. The maximum atomic E-state index is 9.99. The molecule has 25 heavy (non-hydrogen) atoms. The summed E-state index contributed by atoms with van der Waals surface area (Å²) in [7, 11) is 3.15. The number of ether oxygens (including phenoxy) is 2. The molecule has 0 spiro atoms. The van der Waals surface area contributed by atoms with Crippen molar-refractivity contribution in [3.63, 3.8) is 0 Å². The molecule has 0 heterocycles. The van der Waals surface area contributed by atoms with Gasteiger partial charge in [-0.2, -0.15) is 0 Å². The molecule has 1 aliphatic rings.